The van der Waals surface area contributed by atoms with Crippen molar-refractivity contribution in [1.82, 2.24) is 4.90 Å². The number of piperidine rings is 1. The zero-order chi connectivity index (χ0) is 22.8. The highest BCUT2D eigenvalue weighted by atomic mass is 16.3. The summed E-state index contributed by atoms with van der Waals surface area (Å²) in [6, 6.07) is 27.4. The predicted octanol–water partition coefficient (Wildman–Crippen LogP) is 6.29. The fraction of sp³-hybridized carbons (Fsp3) is 0.333. The van der Waals surface area contributed by atoms with E-state index in [0.29, 0.717) is 11.2 Å². The number of phenols is 1. The summed E-state index contributed by atoms with van der Waals surface area (Å²) >= 11 is 0. The van der Waals surface area contributed by atoms with E-state index in [4.69, 9.17) is 0 Å². The van der Waals surface area contributed by atoms with E-state index in [2.05, 4.69) is 78.4 Å². The smallest absolute Gasteiger partial charge is 0.115 e. The van der Waals surface area contributed by atoms with Crippen LogP contribution in [0.4, 0.5) is 5.69 Å². The van der Waals surface area contributed by atoms with Crippen LogP contribution in [0.15, 0.2) is 78.9 Å². The molecular formula is C30H34N2O. The molecule has 3 aromatic rings. The summed E-state index contributed by atoms with van der Waals surface area (Å²) < 4.78 is 0. The minimum Gasteiger partial charge on any atom is -0.508 e. The van der Waals surface area contributed by atoms with Crippen LogP contribution in [0.1, 0.15) is 42.9 Å². The van der Waals surface area contributed by atoms with Crippen molar-refractivity contribution >= 4 is 16.8 Å². The highest BCUT2D eigenvalue weighted by Crippen LogP contribution is 2.41. The Morgan fingerprint density at radius 2 is 1.36 bits per heavy atom. The van der Waals surface area contributed by atoms with Crippen LogP contribution in [0.25, 0.3) is 11.1 Å². The molecule has 33 heavy (non-hydrogen) atoms. The first kappa shape index (κ1) is 21.8. The second-order valence-corrected chi connectivity index (χ2v) is 9.83. The molecule has 0 atom stereocenters. The predicted molar refractivity (Wildman–Crippen MR) is 139 cm³/mol. The maximum Gasteiger partial charge on any atom is 0.115 e. The third-order valence-corrected chi connectivity index (χ3v) is 7.49. The van der Waals surface area contributed by atoms with Crippen molar-refractivity contribution < 1.29 is 5.11 Å². The summed E-state index contributed by atoms with van der Waals surface area (Å²) in [4.78, 5) is 4.99. The molecule has 1 spiro atoms. The van der Waals surface area contributed by atoms with Gasteiger partial charge in [-0.15, -0.1) is 0 Å². The fourth-order valence-corrected chi connectivity index (χ4v) is 5.80. The van der Waals surface area contributed by atoms with Gasteiger partial charge in [0.2, 0.25) is 0 Å². The Bertz CT molecular complexity index is 1100. The maximum absolute atomic E-state index is 9.85. The highest BCUT2D eigenvalue weighted by molar-refractivity contribution is 5.98. The molecule has 2 aliphatic rings. The number of hydrogen-bond acceptors (Lipinski definition) is 3. The third kappa shape index (κ3) is 4.43. The van der Waals surface area contributed by atoms with Gasteiger partial charge >= 0.3 is 0 Å². The Labute approximate surface area is 198 Å². The van der Waals surface area contributed by atoms with Gasteiger partial charge in [-0.25, -0.2) is 0 Å². The van der Waals surface area contributed by atoms with Gasteiger partial charge in [0.1, 0.15) is 5.75 Å². The Morgan fingerprint density at radius 3 is 1.91 bits per heavy atom. The molecular weight excluding hydrogens is 404 g/mol. The van der Waals surface area contributed by atoms with Gasteiger partial charge in [-0.2, -0.15) is 0 Å². The van der Waals surface area contributed by atoms with Crippen LogP contribution >= 0.6 is 0 Å². The Hall–Kier alpha value is -3.04. The largest absolute Gasteiger partial charge is 0.508 e. The van der Waals surface area contributed by atoms with Crippen LogP contribution in [0, 0.1) is 5.41 Å². The van der Waals surface area contributed by atoms with Crippen LogP contribution in [-0.2, 0) is 0 Å². The first-order chi connectivity index (χ1) is 16.1. The van der Waals surface area contributed by atoms with Crippen molar-refractivity contribution in [3.8, 4) is 5.75 Å². The number of rotatable bonds is 5. The Morgan fingerprint density at radius 1 is 0.788 bits per heavy atom. The monoisotopic (exact) mass is 438 g/mol. The van der Waals surface area contributed by atoms with Crippen molar-refractivity contribution in [3.63, 3.8) is 0 Å². The summed E-state index contributed by atoms with van der Waals surface area (Å²) in [5.74, 6) is 0.298. The lowest BCUT2D eigenvalue weighted by molar-refractivity contribution is 0.00132. The summed E-state index contributed by atoms with van der Waals surface area (Å²) in [7, 11) is 2.23. The van der Waals surface area contributed by atoms with E-state index in [0.717, 1.165) is 25.1 Å². The minimum absolute atomic E-state index is 0.298. The zero-order valence-electron chi connectivity index (χ0n) is 19.8. The van der Waals surface area contributed by atoms with Gasteiger partial charge in [-0.3, -0.25) is 0 Å². The standard InChI is InChI=1S/C30H34N2O/c1-3-28(23-7-5-4-6-8-23)29(25-11-15-27(33)16-12-25)24-9-13-26(14-10-24)32-19-17-30(18-20-32)21-31(2)22-30/h4-16,33H,3,17-22H2,1-2H3/b29-28+. The normalized spacial score (nSPS) is 18.7. The minimum atomic E-state index is 0.298. The molecule has 0 bridgehead atoms. The van der Waals surface area contributed by atoms with Crippen molar-refractivity contribution in [1.29, 1.82) is 0 Å². The molecule has 3 nitrogen and oxygen atoms in total. The summed E-state index contributed by atoms with van der Waals surface area (Å²) in [6.45, 7) is 7.05. The van der Waals surface area contributed by atoms with Gasteiger partial charge in [-0.05, 0) is 83.8 Å². The van der Waals surface area contributed by atoms with Crippen LogP contribution in [0.2, 0.25) is 0 Å². The lowest BCUT2D eigenvalue weighted by Crippen LogP contribution is -2.58. The number of phenolic OH excluding ortho intramolecular Hbond substituents is 1. The molecule has 0 aromatic heterocycles. The second kappa shape index (κ2) is 9.07. The Balaban J connectivity index is 1.46. The van der Waals surface area contributed by atoms with Gasteiger partial charge in [0.05, 0.1) is 0 Å². The van der Waals surface area contributed by atoms with Crippen molar-refractivity contribution in [2.24, 2.45) is 5.41 Å². The first-order valence-electron chi connectivity index (χ1n) is 12.2. The zero-order valence-corrected chi connectivity index (χ0v) is 19.8. The van der Waals surface area contributed by atoms with E-state index >= 15 is 0 Å². The van der Waals surface area contributed by atoms with E-state index in [1.807, 2.05) is 12.1 Å². The highest BCUT2D eigenvalue weighted by Gasteiger charge is 2.43. The quantitative estimate of drug-likeness (QED) is 0.474. The SMILES string of the molecule is CC/C(=C(\c1ccc(O)cc1)c1ccc(N2CCC3(CC2)CN(C)C3)cc1)c1ccccc1. The molecule has 0 amide bonds. The van der Waals surface area contributed by atoms with E-state index in [1.165, 1.54) is 53.9 Å². The molecule has 0 unspecified atom stereocenters. The molecule has 3 aromatic carbocycles. The molecule has 0 radical (unpaired) electrons. The number of allylic oxidation sites excluding steroid dienone is 1. The Kier molecular flexibility index (Phi) is 5.99. The number of nitrogens with zero attached hydrogens (tertiary/aromatic N) is 2. The molecule has 170 valence electrons. The number of hydrogen-bond donors (Lipinski definition) is 1. The number of aromatic hydroxyl groups is 1. The molecule has 5 rings (SSSR count). The topological polar surface area (TPSA) is 26.7 Å². The number of benzene rings is 3. The van der Waals surface area contributed by atoms with E-state index in [9.17, 15) is 5.11 Å². The van der Waals surface area contributed by atoms with E-state index < -0.39 is 0 Å². The average molecular weight is 439 g/mol. The van der Waals surface area contributed by atoms with Gasteiger partial charge in [0, 0.05) is 31.9 Å². The number of anilines is 1. The van der Waals surface area contributed by atoms with Crippen molar-refractivity contribution in [2.45, 2.75) is 26.2 Å². The fourth-order valence-electron chi connectivity index (χ4n) is 5.80. The average Bonchev–Trinajstić information content (AvgIpc) is 2.84. The second-order valence-electron chi connectivity index (χ2n) is 9.83. The van der Waals surface area contributed by atoms with Crippen molar-refractivity contribution in [3.05, 3.63) is 95.6 Å². The van der Waals surface area contributed by atoms with Gasteiger partial charge in [-0.1, -0.05) is 61.5 Å². The molecule has 2 saturated heterocycles. The maximum atomic E-state index is 9.85. The first-order valence-corrected chi connectivity index (χ1v) is 12.2. The lowest BCUT2D eigenvalue weighted by atomic mass is 9.72. The third-order valence-electron chi connectivity index (χ3n) is 7.49. The summed E-state index contributed by atoms with van der Waals surface area (Å²) in [6.07, 6.45) is 3.53. The molecule has 2 heterocycles. The van der Waals surface area contributed by atoms with Crippen LogP contribution in [0.3, 0.4) is 0 Å². The van der Waals surface area contributed by atoms with E-state index in [1.54, 1.807) is 12.1 Å². The van der Waals surface area contributed by atoms with Crippen LogP contribution in [0.5, 0.6) is 5.75 Å². The van der Waals surface area contributed by atoms with Crippen molar-refractivity contribution in [2.75, 3.05) is 38.1 Å². The van der Waals surface area contributed by atoms with E-state index in [-0.39, 0.29) is 0 Å². The molecule has 1 N–H and O–H groups in total. The lowest BCUT2D eigenvalue weighted by Gasteiger charge is -2.53. The molecule has 3 heteroatoms. The molecule has 0 saturated carbocycles. The summed E-state index contributed by atoms with van der Waals surface area (Å²) in [5, 5.41) is 9.85. The van der Waals surface area contributed by atoms with Gasteiger partial charge in [0.15, 0.2) is 0 Å². The molecule has 2 fully saturated rings. The molecule has 0 aliphatic carbocycles. The van der Waals surface area contributed by atoms with Crippen LogP contribution in [-0.4, -0.2) is 43.2 Å². The number of likely N-dealkylation sites (tertiary alicyclic amines) is 1. The van der Waals surface area contributed by atoms with Gasteiger partial charge < -0.3 is 14.9 Å². The summed E-state index contributed by atoms with van der Waals surface area (Å²) in [5.41, 5.74) is 8.07. The molecule has 2 aliphatic heterocycles. The van der Waals surface area contributed by atoms with Crippen LogP contribution < -0.4 is 4.90 Å². The van der Waals surface area contributed by atoms with Gasteiger partial charge in [0.25, 0.3) is 0 Å².